The maximum absolute atomic E-state index is 12.0. The number of carbonyl (C=O) groups excluding carboxylic acids is 1. The lowest BCUT2D eigenvalue weighted by Crippen LogP contribution is -2.31. The van der Waals surface area contributed by atoms with Crippen LogP contribution in [-0.2, 0) is 11.3 Å². The van der Waals surface area contributed by atoms with E-state index in [9.17, 15) is 4.79 Å². The third-order valence-corrected chi connectivity index (χ3v) is 4.50. The second kappa shape index (κ2) is 7.36. The fourth-order valence-electron chi connectivity index (χ4n) is 3.15. The van der Waals surface area contributed by atoms with Gasteiger partial charge in [0, 0.05) is 50.7 Å². The summed E-state index contributed by atoms with van der Waals surface area (Å²) in [6, 6.07) is 12.6. The van der Waals surface area contributed by atoms with Crippen molar-refractivity contribution in [1.29, 1.82) is 0 Å². The third kappa shape index (κ3) is 4.38. The number of nitrogens with one attached hydrogen (secondary N) is 1. The van der Waals surface area contributed by atoms with Gasteiger partial charge in [-0.1, -0.05) is 12.1 Å². The Balaban J connectivity index is 1.40. The van der Waals surface area contributed by atoms with Crippen LogP contribution in [0.15, 0.2) is 48.8 Å². The molecule has 2 aromatic rings. The van der Waals surface area contributed by atoms with Crippen LogP contribution in [-0.4, -0.2) is 30.1 Å². The fraction of sp³-hybridized carbons (Fsp3) is 0.421. The Kier molecular flexibility index (Phi) is 5.01. The zero-order chi connectivity index (χ0) is 16.1. The van der Waals surface area contributed by atoms with Gasteiger partial charge < -0.3 is 14.8 Å². The average Bonchev–Trinajstić information content (AvgIpc) is 3.22. The lowest BCUT2D eigenvalue weighted by Gasteiger charge is -2.19. The lowest BCUT2D eigenvalue weighted by atomic mass is 10.1. The molecule has 1 atom stereocenters. The summed E-state index contributed by atoms with van der Waals surface area (Å²) in [5, 5.41) is 3.09. The predicted octanol–water partition coefficient (Wildman–Crippen LogP) is 2.83. The summed E-state index contributed by atoms with van der Waals surface area (Å²) >= 11 is 0. The van der Waals surface area contributed by atoms with Gasteiger partial charge in [-0.05, 0) is 49.1 Å². The van der Waals surface area contributed by atoms with Gasteiger partial charge in [0.05, 0.1) is 0 Å². The molecule has 1 saturated heterocycles. The molecule has 0 radical (unpaired) electrons. The molecule has 1 amide bonds. The van der Waals surface area contributed by atoms with E-state index in [0.717, 1.165) is 32.6 Å². The Hall–Kier alpha value is -2.23. The molecule has 1 aromatic carbocycles. The molecule has 23 heavy (non-hydrogen) atoms. The standard InChI is InChI=1S/C19H25N3O/c1-16-5-4-6-18(13-16)22-12-7-17(15-22)14-20-19(23)8-11-21-9-2-3-10-21/h2-6,9-10,13,17H,7-8,11-12,14-15H2,1H3,(H,20,23). The van der Waals surface area contributed by atoms with E-state index in [1.54, 1.807) is 0 Å². The minimum Gasteiger partial charge on any atom is -0.371 e. The van der Waals surface area contributed by atoms with Crippen molar-refractivity contribution in [2.75, 3.05) is 24.5 Å². The smallest absolute Gasteiger partial charge is 0.221 e. The van der Waals surface area contributed by atoms with Gasteiger partial charge in [0.1, 0.15) is 0 Å². The predicted molar refractivity (Wildman–Crippen MR) is 93.6 cm³/mol. The number of amides is 1. The minimum absolute atomic E-state index is 0.146. The second-order valence-corrected chi connectivity index (χ2v) is 6.41. The highest BCUT2D eigenvalue weighted by atomic mass is 16.1. The van der Waals surface area contributed by atoms with E-state index in [4.69, 9.17) is 0 Å². The molecule has 0 saturated carbocycles. The SMILES string of the molecule is Cc1cccc(N2CCC(CNC(=O)CCn3cccc3)C2)c1. The highest BCUT2D eigenvalue weighted by Crippen LogP contribution is 2.24. The van der Waals surface area contributed by atoms with Gasteiger partial charge in [-0.2, -0.15) is 0 Å². The van der Waals surface area contributed by atoms with Gasteiger partial charge >= 0.3 is 0 Å². The van der Waals surface area contributed by atoms with Crippen molar-refractivity contribution in [2.24, 2.45) is 5.92 Å². The van der Waals surface area contributed by atoms with Gasteiger partial charge in [0.25, 0.3) is 0 Å². The van der Waals surface area contributed by atoms with Gasteiger partial charge in [0.2, 0.25) is 5.91 Å². The zero-order valence-corrected chi connectivity index (χ0v) is 13.7. The number of aryl methyl sites for hydroxylation is 2. The molecule has 1 aromatic heterocycles. The van der Waals surface area contributed by atoms with Gasteiger partial charge in [0.15, 0.2) is 0 Å². The molecule has 1 aliphatic heterocycles. The number of benzene rings is 1. The van der Waals surface area contributed by atoms with Gasteiger partial charge in [-0.15, -0.1) is 0 Å². The largest absolute Gasteiger partial charge is 0.371 e. The zero-order valence-electron chi connectivity index (χ0n) is 13.7. The van der Waals surface area contributed by atoms with Crippen LogP contribution in [0.25, 0.3) is 0 Å². The first-order valence-corrected chi connectivity index (χ1v) is 8.40. The molecule has 3 rings (SSSR count). The third-order valence-electron chi connectivity index (χ3n) is 4.50. The van der Waals surface area contributed by atoms with Gasteiger partial charge in [-0.25, -0.2) is 0 Å². The first-order valence-electron chi connectivity index (χ1n) is 8.40. The molecule has 4 heteroatoms. The highest BCUT2D eigenvalue weighted by Gasteiger charge is 2.23. The minimum atomic E-state index is 0.146. The van der Waals surface area contributed by atoms with Crippen molar-refractivity contribution in [3.63, 3.8) is 0 Å². The molecule has 1 fully saturated rings. The first kappa shape index (κ1) is 15.7. The van der Waals surface area contributed by atoms with E-state index in [-0.39, 0.29) is 5.91 Å². The van der Waals surface area contributed by atoms with Crippen LogP contribution in [0.5, 0.6) is 0 Å². The van der Waals surface area contributed by atoms with Crippen molar-refractivity contribution >= 4 is 11.6 Å². The molecule has 0 bridgehead atoms. The number of rotatable bonds is 6. The summed E-state index contributed by atoms with van der Waals surface area (Å²) in [5.41, 5.74) is 2.59. The second-order valence-electron chi connectivity index (χ2n) is 6.41. The monoisotopic (exact) mass is 311 g/mol. The quantitative estimate of drug-likeness (QED) is 0.891. The molecule has 122 valence electrons. The highest BCUT2D eigenvalue weighted by molar-refractivity contribution is 5.75. The first-order chi connectivity index (χ1) is 11.2. The van der Waals surface area contributed by atoms with Gasteiger partial charge in [-0.3, -0.25) is 4.79 Å². The molecular weight excluding hydrogens is 286 g/mol. The van der Waals surface area contributed by atoms with Crippen molar-refractivity contribution < 1.29 is 4.79 Å². The number of carbonyl (C=O) groups is 1. The summed E-state index contributed by atoms with van der Waals surface area (Å²) in [4.78, 5) is 14.4. The molecule has 1 unspecified atom stereocenters. The van der Waals surface area contributed by atoms with E-state index in [2.05, 4.69) is 41.4 Å². The summed E-state index contributed by atoms with van der Waals surface area (Å²) in [6.45, 7) is 5.77. The molecular formula is C19H25N3O. The lowest BCUT2D eigenvalue weighted by molar-refractivity contribution is -0.121. The Morgan fingerprint density at radius 3 is 2.87 bits per heavy atom. The Labute approximate surface area is 138 Å². The fourth-order valence-corrected chi connectivity index (χ4v) is 3.15. The van der Waals surface area contributed by atoms with Crippen LogP contribution in [0.1, 0.15) is 18.4 Å². The normalized spacial score (nSPS) is 17.4. The van der Waals surface area contributed by atoms with E-state index in [1.165, 1.54) is 11.3 Å². The number of nitrogens with zero attached hydrogens (tertiary/aromatic N) is 2. The molecule has 4 nitrogen and oxygen atoms in total. The Morgan fingerprint density at radius 1 is 1.26 bits per heavy atom. The Bertz CT molecular complexity index is 636. The van der Waals surface area contributed by atoms with Crippen LogP contribution < -0.4 is 10.2 Å². The van der Waals surface area contributed by atoms with Crippen molar-refractivity contribution in [3.8, 4) is 0 Å². The number of anilines is 1. The van der Waals surface area contributed by atoms with Crippen molar-refractivity contribution in [1.82, 2.24) is 9.88 Å². The molecule has 0 aliphatic carbocycles. The van der Waals surface area contributed by atoms with E-state index in [0.29, 0.717) is 12.3 Å². The molecule has 1 aliphatic rings. The maximum Gasteiger partial charge on any atom is 0.221 e. The number of aromatic nitrogens is 1. The summed E-state index contributed by atoms with van der Waals surface area (Å²) < 4.78 is 2.04. The summed E-state index contributed by atoms with van der Waals surface area (Å²) in [5.74, 6) is 0.693. The maximum atomic E-state index is 12.0. The van der Waals surface area contributed by atoms with E-state index < -0.39 is 0 Å². The average molecular weight is 311 g/mol. The summed E-state index contributed by atoms with van der Waals surface area (Å²) in [6.07, 6.45) is 5.67. The van der Waals surface area contributed by atoms with Crippen molar-refractivity contribution in [3.05, 3.63) is 54.4 Å². The van der Waals surface area contributed by atoms with Crippen LogP contribution in [0.3, 0.4) is 0 Å². The van der Waals surface area contributed by atoms with Crippen LogP contribution >= 0.6 is 0 Å². The van der Waals surface area contributed by atoms with Crippen molar-refractivity contribution in [2.45, 2.75) is 26.3 Å². The van der Waals surface area contributed by atoms with Crippen LogP contribution in [0.2, 0.25) is 0 Å². The van der Waals surface area contributed by atoms with E-state index >= 15 is 0 Å². The van der Waals surface area contributed by atoms with Crippen LogP contribution in [0, 0.1) is 12.8 Å². The number of hydrogen-bond acceptors (Lipinski definition) is 2. The summed E-state index contributed by atoms with van der Waals surface area (Å²) in [7, 11) is 0. The van der Waals surface area contributed by atoms with E-state index in [1.807, 2.05) is 29.1 Å². The topological polar surface area (TPSA) is 37.3 Å². The van der Waals surface area contributed by atoms with Crippen LogP contribution in [0.4, 0.5) is 5.69 Å². The number of hydrogen-bond donors (Lipinski definition) is 1. The molecule has 2 heterocycles. The molecule has 1 N–H and O–H groups in total. The molecule has 0 spiro atoms. The Morgan fingerprint density at radius 2 is 2.09 bits per heavy atom.